The lowest BCUT2D eigenvalue weighted by Crippen LogP contribution is -2.60. The van der Waals surface area contributed by atoms with Gasteiger partial charge in [-0.2, -0.15) is 0 Å². The van der Waals surface area contributed by atoms with E-state index >= 15 is 0 Å². The summed E-state index contributed by atoms with van der Waals surface area (Å²) in [6, 6.07) is 20.5. The van der Waals surface area contributed by atoms with Crippen LogP contribution in [0.25, 0.3) is 11.1 Å². The number of halogens is 1. The molecule has 7 nitrogen and oxygen atoms in total. The van der Waals surface area contributed by atoms with Crippen LogP contribution < -0.4 is 5.32 Å². The monoisotopic (exact) mass is 576 g/mol. The van der Waals surface area contributed by atoms with Crippen molar-refractivity contribution in [2.24, 2.45) is 11.3 Å². The van der Waals surface area contributed by atoms with Gasteiger partial charge in [0.15, 0.2) is 0 Å². The Morgan fingerprint density at radius 1 is 0.951 bits per heavy atom. The van der Waals surface area contributed by atoms with Crippen molar-refractivity contribution in [1.29, 1.82) is 0 Å². The molecule has 0 aliphatic carbocycles. The fourth-order valence-electron chi connectivity index (χ4n) is 5.49. The Morgan fingerprint density at radius 2 is 1.54 bits per heavy atom. The number of hydrogen-bond donors (Lipinski definition) is 2. The molecule has 0 spiro atoms. The van der Waals surface area contributed by atoms with Gasteiger partial charge < -0.3 is 20.1 Å². The Balaban J connectivity index is 1.51. The van der Waals surface area contributed by atoms with Gasteiger partial charge in [-0.25, -0.2) is 4.79 Å². The fraction of sp³-hybridized carbons (Fsp3) is 0.364. The van der Waals surface area contributed by atoms with Gasteiger partial charge in [0, 0.05) is 29.1 Å². The molecule has 2 atom stereocenters. The zero-order chi connectivity index (χ0) is 29.9. The summed E-state index contributed by atoms with van der Waals surface area (Å²) < 4.78 is 4.82. The van der Waals surface area contributed by atoms with Crippen LogP contribution in [0, 0.1) is 11.3 Å². The Bertz CT molecular complexity index is 1440. The molecule has 1 fully saturated rings. The molecule has 0 bridgehead atoms. The van der Waals surface area contributed by atoms with E-state index in [1.54, 1.807) is 53.4 Å². The number of ether oxygens (including phenoxy) is 1. The molecular weight excluding hydrogens is 540 g/mol. The van der Waals surface area contributed by atoms with Gasteiger partial charge in [-0.1, -0.05) is 75.7 Å². The number of nitrogens with one attached hydrogen (secondary N) is 1. The van der Waals surface area contributed by atoms with Crippen LogP contribution in [0.3, 0.4) is 0 Å². The first-order chi connectivity index (χ1) is 19.4. The summed E-state index contributed by atoms with van der Waals surface area (Å²) in [5.74, 6) is -1.14. The summed E-state index contributed by atoms with van der Waals surface area (Å²) in [4.78, 5) is 40.9. The molecular formula is C33H37ClN2O5. The lowest BCUT2D eigenvalue weighted by atomic mass is 9.66. The largest absolute Gasteiger partial charge is 0.465 e. The number of methoxy groups -OCH3 is 1. The van der Waals surface area contributed by atoms with E-state index in [0.717, 1.165) is 16.7 Å². The second-order valence-electron chi connectivity index (χ2n) is 11.6. The number of benzene rings is 3. The minimum absolute atomic E-state index is 0.161. The molecule has 0 unspecified atom stereocenters. The van der Waals surface area contributed by atoms with Gasteiger partial charge in [0.2, 0.25) is 5.91 Å². The Hall–Kier alpha value is -3.68. The van der Waals surface area contributed by atoms with Crippen LogP contribution in [0.1, 0.15) is 60.4 Å². The third kappa shape index (κ3) is 6.31. The Labute approximate surface area is 246 Å². The minimum Gasteiger partial charge on any atom is -0.465 e. The number of amides is 2. The van der Waals surface area contributed by atoms with Crippen LogP contribution in [0.15, 0.2) is 72.8 Å². The molecule has 3 aromatic carbocycles. The summed E-state index contributed by atoms with van der Waals surface area (Å²) in [7, 11) is 1.33. The van der Waals surface area contributed by atoms with Gasteiger partial charge in [-0.15, -0.1) is 0 Å². The van der Waals surface area contributed by atoms with E-state index in [4.69, 9.17) is 16.3 Å². The lowest BCUT2D eigenvalue weighted by Gasteiger charge is -2.51. The van der Waals surface area contributed by atoms with Crippen LogP contribution in [-0.4, -0.2) is 54.0 Å². The first kappa shape index (κ1) is 30.3. The van der Waals surface area contributed by atoms with Gasteiger partial charge in [0.1, 0.15) is 6.04 Å². The quantitative estimate of drug-likeness (QED) is 0.352. The van der Waals surface area contributed by atoms with Crippen molar-refractivity contribution >= 4 is 29.4 Å². The number of likely N-dealkylation sites (tertiary alicyclic amines) is 1. The molecule has 0 aromatic heterocycles. The Kier molecular flexibility index (Phi) is 8.90. The van der Waals surface area contributed by atoms with E-state index in [1.807, 2.05) is 52.0 Å². The van der Waals surface area contributed by atoms with E-state index in [1.165, 1.54) is 7.11 Å². The van der Waals surface area contributed by atoms with Gasteiger partial charge >= 0.3 is 5.97 Å². The minimum atomic E-state index is -1.13. The maximum absolute atomic E-state index is 13.8. The standard InChI is InChI=1S/C33H37ClN2O5/c1-21(2)28(30(38)36-17-16-33(40,32(3,4)20-36)26-12-14-27(34)15-13-26)35-29(37)24-10-6-8-22(18-24)23-9-7-11-25(19-23)31(39)41-5/h6-15,18-19,21,28,40H,16-17,20H2,1-5H3,(H,35,37)/t28-,33+/m1/s1. The van der Waals surface area contributed by atoms with Gasteiger partial charge in [-0.3, -0.25) is 9.59 Å². The normalized spacial score (nSPS) is 19.0. The average molecular weight is 577 g/mol. The van der Waals surface area contributed by atoms with Gasteiger partial charge in [0.25, 0.3) is 5.91 Å². The molecule has 0 radical (unpaired) electrons. The smallest absolute Gasteiger partial charge is 0.337 e. The molecule has 8 heteroatoms. The molecule has 2 amide bonds. The van der Waals surface area contributed by atoms with E-state index in [9.17, 15) is 19.5 Å². The number of rotatable bonds is 7. The predicted octanol–water partition coefficient (Wildman–Crippen LogP) is 5.69. The second kappa shape index (κ2) is 12.0. The van der Waals surface area contributed by atoms with Crippen molar-refractivity contribution in [3.8, 4) is 11.1 Å². The average Bonchev–Trinajstić information content (AvgIpc) is 2.96. The molecule has 2 N–H and O–H groups in total. The molecule has 1 aliphatic rings. The fourth-order valence-corrected chi connectivity index (χ4v) is 5.62. The van der Waals surface area contributed by atoms with Gasteiger partial charge in [-0.05, 0) is 65.4 Å². The summed E-state index contributed by atoms with van der Waals surface area (Å²) in [5.41, 5.74) is 1.34. The molecule has 1 saturated heterocycles. The van der Waals surface area contributed by atoms with E-state index < -0.39 is 23.0 Å². The molecule has 0 saturated carbocycles. The number of carbonyl (C=O) groups excluding carboxylic acids is 3. The van der Waals surface area contributed by atoms with Crippen molar-refractivity contribution in [3.05, 3.63) is 94.5 Å². The van der Waals surface area contributed by atoms with Crippen molar-refractivity contribution in [3.63, 3.8) is 0 Å². The molecule has 1 heterocycles. The molecule has 4 rings (SSSR count). The summed E-state index contributed by atoms with van der Waals surface area (Å²) in [6.07, 6.45) is 0.360. The van der Waals surface area contributed by atoms with E-state index in [0.29, 0.717) is 35.7 Å². The molecule has 41 heavy (non-hydrogen) atoms. The molecule has 1 aliphatic heterocycles. The summed E-state index contributed by atoms with van der Waals surface area (Å²) >= 11 is 6.06. The lowest BCUT2D eigenvalue weighted by molar-refractivity contribution is -0.155. The maximum atomic E-state index is 13.8. The van der Waals surface area contributed by atoms with Crippen LogP contribution >= 0.6 is 11.6 Å². The van der Waals surface area contributed by atoms with Gasteiger partial charge in [0.05, 0.1) is 18.3 Å². The van der Waals surface area contributed by atoms with Crippen molar-refractivity contribution < 1.29 is 24.2 Å². The summed E-state index contributed by atoms with van der Waals surface area (Å²) in [5, 5.41) is 15.3. The zero-order valence-electron chi connectivity index (χ0n) is 24.1. The highest BCUT2D eigenvalue weighted by molar-refractivity contribution is 6.30. The van der Waals surface area contributed by atoms with E-state index in [2.05, 4.69) is 5.32 Å². The number of esters is 1. The van der Waals surface area contributed by atoms with Crippen molar-refractivity contribution in [2.45, 2.75) is 45.8 Å². The number of piperidine rings is 1. The highest BCUT2D eigenvalue weighted by Crippen LogP contribution is 2.46. The number of aliphatic hydroxyl groups is 1. The van der Waals surface area contributed by atoms with Crippen molar-refractivity contribution in [2.75, 3.05) is 20.2 Å². The van der Waals surface area contributed by atoms with E-state index in [-0.39, 0.29) is 17.7 Å². The molecule has 216 valence electrons. The third-order valence-corrected chi connectivity index (χ3v) is 8.30. The number of nitrogens with zero attached hydrogens (tertiary/aromatic N) is 1. The third-order valence-electron chi connectivity index (χ3n) is 8.04. The second-order valence-corrected chi connectivity index (χ2v) is 12.0. The molecule has 3 aromatic rings. The first-order valence-electron chi connectivity index (χ1n) is 13.7. The SMILES string of the molecule is COC(=O)c1cccc(-c2cccc(C(=O)N[C@@H](C(=O)N3CC[C@](O)(c4ccc(Cl)cc4)C(C)(C)C3)C(C)C)c2)c1. The number of carbonyl (C=O) groups is 3. The highest BCUT2D eigenvalue weighted by atomic mass is 35.5. The number of hydrogen-bond acceptors (Lipinski definition) is 5. The van der Waals surface area contributed by atoms with Crippen LogP contribution in [0.5, 0.6) is 0 Å². The summed E-state index contributed by atoms with van der Waals surface area (Å²) in [6.45, 7) is 8.38. The van der Waals surface area contributed by atoms with Crippen LogP contribution in [0.4, 0.5) is 0 Å². The predicted molar refractivity (Wildman–Crippen MR) is 160 cm³/mol. The van der Waals surface area contributed by atoms with Crippen LogP contribution in [0.2, 0.25) is 5.02 Å². The zero-order valence-corrected chi connectivity index (χ0v) is 24.9. The first-order valence-corrected chi connectivity index (χ1v) is 14.1. The van der Waals surface area contributed by atoms with Crippen molar-refractivity contribution in [1.82, 2.24) is 10.2 Å². The van der Waals surface area contributed by atoms with Crippen LogP contribution in [-0.2, 0) is 15.1 Å². The highest BCUT2D eigenvalue weighted by Gasteiger charge is 2.50. The topological polar surface area (TPSA) is 95.9 Å². The maximum Gasteiger partial charge on any atom is 0.337 e. The Morgan fingerprint density at radius 3 is 2.10 bits per heavy atom.